The van der Waals surface area contributed by atoms with E-state index in [4.69, 9.17) is 15.1 Å². The molecule has 0 aliphatic carbocycles. The second-order valence-electron chi connectivity index (χ2n) is 5.76. The van der Waals surface area contributed by atoms with Crippen molar-refractivity contribution < 1.29 is 31.7 Å². The quantitative estimate of drug-likeness (QED) is 0.387. The smallest absolute Gasteiger partial charge is 0.320 e. The van der Waals surface area contributed by atoms with Gasteiger partial charge in [0.05, 0.1) is 18.7 Å². The highest BCUT2D eigenvalue weighted by Gasteiger charge is 2.49. The molecule has 2 aliphatic rings. The summed E-state index contributed by atoms with van der Waals surface area (Å²) in [5.41, 5.74) is 8.12. The third kappa shape index (κ3) is 4.11. The zero-order chi connectivity index (χ0) is 18.9. The topological polar surface area (TPSA) is 164 Å². The Kier molecular flexibility index (Phi) is 5.40. The lowest BCUT2D eigenvalue weighted by Crippen LogP contribution is -2.50. The number of hydroxylamine groups is 3. The van der Waals surface area contributed by atoms with Gasteiger partial charge in [-0.05, 0) is 12.8 Å². The number of piperidine rings is 1. The van der Waals surface area contributed by atoms with Gasteiger partial charge in [-0.15, -0.1) is 15.6 Å². The molecule has 1 unspecified atom stereocenters. The van der Waals surface area contributed by atoms with Crippen molar-refractivity contribution in [2.45, 2.75) is 31.0 Å². The molecule has 4 N–H and O–H groups in total. The summed E-state index contributed by atoms with van der Waals surface area (Å²) < 4.78 is 34.7. The van der Waals surface area contributed by atoms with Gasteiger partial charge in [0.25, 0.3) is 5.91 Å². The Morgan fingerprint density at radius 3 is 2.96 bits per heavy atom. The normalized spacial score (nSPS) is 24.0. The molecule has 3 rings (SSSR count). The average Bonchev–Trinajstić information content (AvgIpc) is 3.18. The lowest BCUT2D eigenvalue weighted by molar-refractivity contribution is -0.139. The Morgan fingerprint density at radius 1 is 1.54 bits per heavy atom. The predicted molar refractivity (Wildman–Crippen MR) is 86.5 cm³/mol. The van der Waals surface area contributed by atoms with Crippen LogP contribution in [0.4, 0.5) is 4.79 Å². The van der Waals surface area contributed by atoms with Gasteiger partial charge in [0.1, 0.15) is 11.0 Å². The zero-order valence-corrected chi connectivity index (χ0v) is 15.0. The fraction of sp³-hybridized carbons (Fsp3) is 0.583. The third-order valence-corrected chi connectivity index (χ3v) is 5.26. The van der Waals surface area contributed by atoms with Crippen LogP contribution < -0.4 is 11.2 Å². The molecular formula is C12H17N5O7S2. The third-order valence-electron chi connectivity index (χ3n) is 4.00. The van der Waals surface area contributed by atoms with E-state index in [2.05, 4.69) is 14.7 Å². The monoisotopic (exact) mass is 407 g/mol. The first kappa shape index (κ1) is 18.9. The molecule has 26 heavy (non-hydrogen) atoms. The first-order valence-corrected chi connectivity index (χ1v) is 9.84. The Bertz CT molecular complexity index is 771. The Labute approximate surface area is 152 Å². The standard InChI is InChI=1S/C12H17N5O7S2/c13-8(11-14-3-4-25-11)6-23-15-10(18)9-2-1-7-5-16(9)12(19)17(7)24-26(20,21)22/h3-4,7-9H,1-2,5-6,13H2,(H,15,18)(H,20,21,22)/t7-,8?,9+/m1/s1. The summed E-state index contributed by atoms with van der Waals surface area (Å²) >= 11 is 1.36. The van der Waals surface area contributed by atoms with Gasteiger partial charge in [0.15, 0.2) is 0 Å². The number of urea groups is 1. The summed E-state index contributed by atoms with van der Waals surface area (Å²) in [6, 6.07) is -2.72. The second kappa shape index (κ2) is 7.42. The van der Waals surface area contributed by atoms with Crippen LogP contribution >= 0.6 is 11.3 Å². The van der Waals surface area contributed by atoms with Gasteiger partial charge in [0.2, 0.25) is 0 Å². The molecule has 0 spiro atoms. The van der Waals surface area contributed by atoms with Crippen LogP contribution in [0.3, 0.4) is 0 Å². The van der Waals surface area contributed by atoms with E-state index >= 15 is 0 Å². The van der Waals surface area contributed by atoms with E-state index in [0.717, 1.165) is 0 Å². The number of rotatable bonds is 7. The molecule has 144 valence electrons. The van der Waals surface area contributed by atoms with Crippen LogP contribution in [0.5, 0.6) is 0 Å². The van der Waals surface area contributed by atoms with Gasteiger partial charge in [-0.25, -0.2) is 15.3 Å². The number of fused-ring (bicyclic) bond motifs is 2. The number of amides is 3. The minimum atomic E-state index is -4.83. The van der Waals surface area contributed by atoms with Crippen LogP contribution in [0, 0.1) is 0 Å². The number of aromatic nitrogens is 1. The van der Waals surface area contributed by atoms with E-state index < -0.39 is 40.5 Å². The van der Waals surface area contributed by atoms with Gasteiger partial charge in [0, 0.05) is 18.1 Å². The molecular weight excluding hydrogens is 390 g/mol. The van der Waals surface area contributed by atoms with Crippen LogP contribution in [-0.2, 0) is 24.3 Å². The highest BCUT2D eigenvalue weighted by Crippen LogP contribution is 2.30. The maximum atomic E-state index is 12.3. The summed E-state index contributed by atoms with van der Waals surface area (Å²) in [7, 11) is -4.83. The minimum Gasteiger partial charge on any atom is -0.320 e. The molecule has 0 radical (unpaired) electrons. The maximum absolute atomic E-state index is 12.3. The second-order valence-corrected chi connectivity index (χ2v) is 7.69. The molecule has 0 aromatic carbocycles. The van der Waals surface area contributed by atoms with E-state index in [1.54, 1.807) is 11.6 Å². The van der Waals surface area contributed by atoms with Crippen molar-refractivity contribution in [2.24, 2.45) is 5.73 Å². The van der Waals surface area contributed by atoms with Crippen LogP contribution in [0.2, 0.25) is 0 Å². The summed E-state index contributed by atoms with van der Waals surface area (Å²) in [4.78, 5) is 34.8. The molecule has 14 heteroatoms. The van der Waals surface area contributed by atoms with E-state index in [1.165, 1.54) is 16.2 Å². The largest absolute Gasteiger partial charge is 0.418 e. The van der Waals surface area contributed by atoms with Gasteiger partial charge >= 0.3 is 16.4 Å². The van der Waals surface area contributed by atoms with E-state index in [-0.39, 0.29) is 19.6 Å². The van der Waals surface area contributed by atoms with E-state index in [1.807, 2.05) is 0 Å². The first-order chi connectivity index (χ1) is 12.3. The molecule has 2 saturated heterocycles. The molecule has 12 nitrogen and oxygen atoms in total. The summed E-state index contributed by atoms with van der Waals surface area (Å²) in [6.07, 6.45) is 2.22. The predicted octanol–water partition coefficient (Wildman–Crippen LogP) is -0.806. The number of hydrogen-bond acceptors (Lipinski definition) is 9. The van der Waals surface area contributed by atoms with Crippen molar-refractivity contribution in [3.05, 3.63) is 16.6 Å². The highest BCUT2D eigenvalue weighted by atomic mass is 32.3. The fourth-order valence-corrected chi connectivity index (χ4v) is 3.88. The lowest BCUT2D eigenvalue weighted by Gasteiger charge is -2.29. The van der Waals surface area contributed by atoms with E-state index in [0.29, 0.717) is 16.5 Å². The number of thiazole rings is 1. The lowest BCUT2D eigenvalue weighted by atomic mass is 10.0. The van der Waals surface area contributed by atoms with Crippen molar-refractivity contribution in [1.82, 2.24) is 20.4 Å². The van der Waals surface area contributed by atoms with Gasteiger partial charge < -0.3 is 10.6 Å². The Balaban J connectivity index is 1.53. The van der Waals surface area contributed by atoms with E-state index in [9.17, 15) is 18.0 Å². The molecule has 2 bridgehead atoms. The van der Waals surface area contributed by atoms with Crippen molar-refractivity contribution >= 4 is 33.7 Å². The van der Waals surface area contributed by atoms with Gasteiger partial charge in [-0.1, -0.05) is 0 Å². The highest BCUT2D eigenvalue weighted by molar-refractivity contribution is 7.80. The number of carbonyl (C=O) groups is 2. The van der Waals surface area contributed by atoms with Crippen molar-refractivity contribution in [1.29, 1.82) is 0 Å². The summed E-state index contributed by atoms with van der Waals surface area (Å²) in [5.74, 6) is -0.558. The number of nitrogens with two attached hydrogens (primary N) is 1. The zero-order valence-electron chi connectivity index (χ0n) is 13.3. The Morgan fingerprint density at radius 2 is 2.31 bits per heavy atom. The molecule has 1 aromatic heterocycles. The fourth-order valence-electron chi connectivity index (χ4n) is 2.86. The maximum Gasteiger partial charge on any atom is 0.418 e. The number of nitrogens with zero attached hydrogens (tertiary/aromatic N) is 3. The number of hydrogen-bond donors (Lipinski definition) is 3. The van der Waals surface area contributed by atoms with Gasteiger partial charge in [-0.2, -0.15) is 13.5 Å². The summed E-state index contributed by atoms with van der Waals surface area (Å²) in [5, 5.41) is 3.00. The first-order valence-electron chi connectivity index (χ1n) is 7.59. The number of nitrogens with one attached hydrogen (secondary N) is 1. The SMILES string of the molecule is NC(CONC(=O)[C@@H]1CC[C@@H]2CN1C(=O)N2OS(=O)(=O)O)c1nccs1. The van der Waals surface area contributed by atoms with Gasteiger partial charge in [-0.3, -0.25) is 14.2 Å². The van der Waals surface area contributed by atoms with Crippen molar-refractivity contribution in [3.8, 4) is 0 Å². The molecule has 1 aromatic rings. The van der Waals surface area contributed by atoms with Crippen LogP contribution in [0.15, 0.2) is 11.6 Å². The van der Waals surface area contributed by atoms with Crippen LogP contribution in [0.25, 0.3) is 0 Å². The van der Waals surface area contributed by atoms with Crippen molar-refractivity contribution in [3.63, 3.8) is 0 Å². The van der Waals surface area contributed by atoms with Crippen LogP contribution in [-0.4, -0.2) is 65.1 Å². The molecule has 3 atom stereocenters. The average molecular weight is 407 g/mol. The molecule has 3 amide bonds. The molecule has 0 saturated carbocycles. The number of carbonyl (C=O) groups excluding carboxylic acids is 2. The Hall–Kier alpha value is -1.84. The van der Waals surface area contributed by atoms with Crippen LogP contribution in [0.1, 0.15) is 23.9 Å². The molecule has 2 aliphatic heterocycles. The minimum absolute atomic E-state index is 0.000533. The molecule has 2 fully saturated rings. The molecule has 3 heterocycles. The summed E-state index contributed by atoms with van der Waals surface area (Å²) in [6.45, 7) is 0.103. The van der Waals surface area contributed by atoms with Crippen molar-refractivity contribution in [2.75, 3.05) is 13.2 Å².